The molecule has 0 spiro atoms. The number of pyridine rings is 1. The van der Waals surface area contributed by atoms with Gasteiger partial charge in [-0.15, -0.1) is 0 Å². The molecule has 2 fully saturated rings. The molecule has 118 valence electrons. The number of rotatable bonds is 3. The first-order valence-corrected chi connectivity index (χ1v) is 8.24. The molecule has 22 heavy (non-hydrogen) atoms. The third-order valence-electron chi connectivity index (χ3n) is 5.19. The molecule has 1 aliphatic heterocycles. The summed E-state index contributed by atoms with van der Waals surface area (Å²) in [5.41, 5.74) is 2.42. The summed E-state index contributed by atoms with van der Waals surface area (Å²) in [4.78, 5) is 2.48. The molecule has 2 aromatic rings. The summed E-state index contributed by atoms with van der Waals surface area (Å²) in [5, 5.41) is 14.7. The van der Waals surface area contributed by atoms with Crippen LogP contribution < -0.4 is 0 Å². The number of nitrogens with zero attached hydrogens (tertiary/aromatic N) is 3. The van der Waals surface area contributed by atoms with E-state index in [1.165, 1.54) is 11.1 Å². The van der Waals surface area contributed by atoms with Gasteiger partial charge in [-0.25, -0.2) is 4.52 Å². The molecule has 2 aliphatic rings. The molecule has 0 bridgehead atoms. The van der Waals surface area contributed by atoms with Crippen molar-refractivity contribution in [1.29, 1.82) is 0 Å². The molecule has 1 N–H and O–H groups in total. The first-order valence-electron chi connectivity index (χ1n) is 8.24. The van der Waals surface area contributed by atoms with Gasteiger partial charge in [-0.05, 0) is 25.0 Å². The number of hydrogen-bond donors (Lipinski definition) is 1. The van der Waals surface area contributed by atoms with Crippen LogP contribution in [-0.4, -0.2) is 51.5 Å². The van der Waals surface area contributed by atoms with Crippen molar-refractivity contribution >= 4 is 5.52 Å². The number of aliphatic hydroxyl groups is 1. The lowest BCUT2D eigenvalue weighted by atomic mass is 9.94. The third-order valence-corrected chi connectivity index (χ3v) is 5.19. The van der Waals surface area contributed by atoms with E-state index in [1.54, 1.807) is 0 Å². The molecule has 1 aliphatic carbocycles. The summed E-state index contributed by atoms with van der Waals surface area (Å²) >= 11 is 0. The van der Waals surface area contributed by atoms with Crippen molar-refractivity contribution in [1.82, 2.24) is 14.5 Å². The van der Waals surface area contributed by atoms with Crippen LogP contribution in [0.15, 0.2) is 30.6 Å². The maximum Gasteiger partial charge on any atom is 0.0706 e. The minimum absolute atomic E-state index is 0.168. The van der Waals surface area contributed by atoms with Crippen molar-refractivity contribution < 1.29 is 9.84 Å². The van der Waals surface area contributed by atoms with Gasteiger partial charge in [-0.2, -0.15) is 5.10 Å². The Kier molecular flexibility index (Phi) is 3.86. The number of aliphatic hydroxyl groups excluding tert-OH is 1. The molecule has 3 atom stereocenters. The summed E-state index contributed by atoms with van der Waals surface area (Å²) < 4.78 is 7.63. The Morgan fingerprint density at radius 3 is 3.14 bits per heavy atom. The van der Waals surface area contributed by atoms with Crippen molar-refractivity contribution in [3.63, 3.8) is 0 Å². The Morgan fingerprint density at radius 1 is 1.32 bits per heavy atom. The number of ether oxygens (including phenoxy) is 1. The zero-order valence-corrected chi connectivity index (χ0v) is 12.8. The number of morpholine rings is 1. The zero-order valence-electron chi connectivity index (χ0n) is 12.8. The molecule has 1 saturated carbocycles. The second kappa shape index (κ2) is 5.99. The largest absolute Gasteiger partial charge is 0.393 e. The van der Waals surface area contributed by atoms with Gasteiger partial charge < -0.3 is 9.84 Å². The van der Waals surface area contributed by atoms with Gasteiger partial charge in [0.2, 0.25) is 0 Å². The van der Waals surface area contributed by atoms with Gasteiger partial charge in [-0.1, -0.05) is 12.5 Å². The molecule has 5 nitrogen and oxygen atoms in total. The number of hydrogen-bond acceptors (Lipinski definition) is 4. The molecule has 3 heterocycles. The monoisotopic (exact) mass is 301 g/mol. The Balaban J connectivity index is 1.57. The van der Waals surface area contributed by atoms with E-state index in [4.69, 9.17) is 4.74 Å². The normalized spacial score (nSPS) is 30.1. The van der Waals surface area contributed by atoms with E-state index in [-0.39, 0.29) is 6.10 Å². The molecule has 5 heteroatoms. The Bertz CT molecular complexity index is 642. The van der Waals surface area contributed by atoms with E-state index >= 15 is 0 Å². The van der Waals surface area contributed by atoms with Crippen LogP contribution in [0.5, 0.6) is 0 Å². The van der Waals surface area contributed by atoms with E-state index in [0.29, 0.717) is 12.0 Å². The van der Waals surface area contributed by atoms with Gasteiger partial charge in [0, 0.05) is 36.8 Å². The molecular formula is C17H23N3O2. The standard InChI is InChI=1S/C17H23N3O2/c21-17-6-3-4-14(17)16-12-22-9-8-19(16)11-13-10-18-20-7-2-1-5-15(13)20/h1-2,5,7,10,14,16-17,21H,3-4,6,8-9,11-12H2. The Hall–Kier alpha value is -1.43. The van der Waals surface area contributed by atoms with E-state index in [1.807, 2.05) is 23.0 Å². The van der Waals surface area contributed by atoms with Gasteiger partial charge in [-0.3, -0.25) is 4.90 Å². The quantitative estimate of drug-likeness (QED) is 0.937. The van der Waals surface area contributed by atoms with Gasteiger partial charge in [0.25, 0.3) is 0 Å². The molecule has 3 unspecified atom stereocenters. The van der Waals surface area contributed by atoms with Crippen LogP contribution in [0.3, 0.4) is 0 Å². The average molecular weight is 301 g/mol. The van der Waals surface area contributed by atoms with Crippen LogP contribution >= 0.6 is 0 Å². The summed E-state index contributed by atoms with van der Waals surface area (Å²) in [7, 11) is 0. The summed E-state index contributed by atoms with van der Waals surface area (Å²) in [6.07, 6.45) is 6.96. The first kappa shape index (κ1) is 14.2. The molecule has 1 saturated heterocycles. The highest BCUT2D eigenvalue weighted by Crippen LogP contribution is 2.33. The fraction of sp³-hybridized carbons (Fsp3) is 0.588. The van der Waals surface area contributed by atoms with E-state index in [0.717, 1.165) is 45.6 Å². The smallest absolute Gasteiger partial charge is 0.0706 e. The van der Waals surface area contributed by atoms with Gasteiger partial charge >= 0.3 is 0 Å². The number of fused-ring (bicyclic) bond motifs is 1. The highest BCUT2D eigenvalue weighted by molar-refractivity contribution is 5.53. The summed E-state index contributed by atoms with van der Waals surface area (Å²) in [5.74, 6) is 0.349. The van der Waals surface area contributed by atoms with Crippen LogP contribution in [0.1, 0.15) is 24.8 Å². The predicted molar refractivity (Wildman–Crippen MR) is 83.6 cm³/mol. The SMILES string of the molecule is OC1CCCC1C1COCCN1Cc1cnn2ccccc12. The zero-order chi connectivity index (χ0) is 14.9. The van der Waals surface area contributed by atoms with Crippen molar-refractivity contribution in [2.24, 2.45) is 5.92 Å². The minimum atomic E-state index is -0.168. The highest BCUT2D eigenvalue weighted by Gasteiger charge is 2.37. The first-order chi connectivity index (χ1) is 10.8. The second-order valence-corrected chi connectivity index (χ2v) is 6.48. The maximum absolute atomic E-state index is 10.3. The molecule has 4 rings (SSSR count). The molecule has 0 aromatic carbocycles. The van der Waals surface area contributed by atoms with Crippen LogP contribution in [0.4, 0.5) is 0 Å². The van der Waals surface area contributed by atoms with Crippen LogP contribution in [-0.2, 0) is 11.3 Å². The molecule has 0 radical (unpaired) electrons. The van der Waals surface area contributed by atoms with Gasteiger partial charge in [0.05, 0.1) is 31.0 Å². The van der Waals surface area contributed by atoms with Crippen LogP contribution in [0.2, 0.25) is 0 Å². The van der Waals surface area contributed by atoms with Crippen molar-refractivity contribution in [3.8, 4) is 0 Å². The average Bonchev–Trinajstić information content (AvgIpc) is 3.15. The lowest BCUT2D eigenvalue weighted by molar-refractivity contribution is -0.0535. The Morgan fingerprint density at radius 2 is 2.27 bits per heavy atom. The predicted octanol–water partition coefficient (Wildman–Crippen LogP) is 1.70. The number of aromatic nitrogens is 2. The van der Waals surface area contributed by atoms with Crippen molar-refractivity contribution in [3.05, 3.63) is 36.2 Å². The second-order valence-electron chi connectivity index (χ2n) is 6.48. The molecular weight excluding hydrogens is 278 g/mol. The lowest BCUT2D eigenvalue weighted by Gasteiger charge is -2.40. The molecule has 2 aromatic heterocycles. The summed E-state index contributed by atoms with van der Waals surface area (Å²) in [6.45, 7) is 3.32. The van der Waals surface area contributed by atoms with E-state index in [9.17, 15) is 5.11 Å². The topological polar surface area (TPSA) is 50.0 Å². The van der Waals surface area contributed by atoms with Gasteiger partial charge in [0.15, 0.2) is 0 Å². The Labute approximate surface area is 130 Å². The minimum Gasteiger partial charge on any atom is -0.393 e. The van der Waals surface area contributed by atoms with E-state index in [2.05, 4.69) is 22.1 Å². The summed E-state index contributed by atoms with van der Waals surface area (Å²) in [6, 6.07) is 6.49. The fourth-order valence-electron chi connectivity index (χ4n) is 3.99. The highest BCUT2D eigenvalue weighted by atomic mass is 16.5. The maximum atomic E-state index is 10.3. The molecule has 0 amide bonds. The van der Waals surface area contributed by atoms with Crippen molar-refractivity contribution in [2.75, 3.05) is 19.8 Å². The third kappa shape index (κ3) is 2.53. The van der Waals surface area contributed by atoms with Crippen LogP contribution in [0, 0.1) is 5.92 Å². The van der Waals surface area contributed by atoms with Gasteiger partial charge in [0.1, 0.15) is 0 Å². The van der Waals surface area contributed by atoms with E-state index < -0.39 is 0 Å². The fourth-order valence-corrected chi connectivity index (χ4v) is 3.99. The lowest BCUT2D eigenvalue weighted by Crippen LogP contribution is -2.50. The van der Waals surface area contributed by atoms with Crippen molar-refractivity contribution in [2.45, 2.75) is 38.0 Å². The van der Waals surface area contributed by atoms with Crippen LogP contribution in [0.25, 0.3) is 5.52 Å².